The number of rotatable bonds is 5. The second kappa shape index (κ2) is 11.3. The van der Waals surface area contributed by atoms with Crippen LogP contribution in [0.5, 0.6) is 0 Å². The summed E-state index contributed by atoms with van der Waals surface area (Å²) in [5.74, 6) is 0.573. The number of fused-ring (bicyclic) bond motifs is 1. The highest BCUT2D eigenvalue weighted by molar-refractivity contribution is 5.98. The van der Waals surface area contributed by atoms with Crippen LogP contribution in [0.2, 0.25) is 0 Å². The first-order valence-corrected chi connectivity index (χ1v) is 12.5. The van der Waals surface area contributed by atoms with Crippen LogP contribution >= 0.6 is 0 Å². The maximum Gasteiger partial charge on any atom is 0.247 e. The lowest BCUT2D eigenvalue weighted by Gasteiger charge is -2.26. The minimum absolute atomic E-state index is 0.00509. The first-order chi connectivity index (χ1) is 17.7. The number of carbonyl (C=O) groups is 3. The molecule has 2 aliphatic heterocycles. The SMILES string of the molecule is CC(=O)N(C)C1CCN(C(=O)CN2CCCCC(N=C(NC#N)Nc3ccc4oc(C)cc4c3)C2=O)C1. The van der Waals surface area contributed by atoms with E-state index in [1.165, 1.54) is 6.92 Å². The molecule has 2 aromatic rings. The molecule has 0 spiro atoms. The number of aliphatic imine (C=N–C) groups is 1. The van der Waals surface area contributed by atoms with E-state index in [0.29, 0.717) is 31.7 Å². The van der Waals surface area contributed by atoms with Gasteiger partial charge in [0.05, 0.1) is 12.6 Å². The van der Waals surface area contributed by atoms with Crippen molar-refractivity contribution in [1.82, 2.24) is 20.0 Å². The Morgan fingerprint density at radius 2 is 2.05 bits per heavy atom. The predicted molar refractivity (Wildman–Crippen MR) is 138 cm³/mol. The van der Waals surface area contributed by atoms with Crippen molar-refractivity contribution < 1.29 is 18.8 Å². The number of benzene rings is 1. The van der Waals surface area contributed by atoms with E-state index in [1.807, 2.05) is 37.4 Å². The Morgan fingerprint density at radius 1 is 1.24 bits per heavy atom. The van der Waals surface area contributed by atoms with Crippen LogP contribution in [0.15, 0.2) is 33.7 Å². The van der Waals surface area contributed by atoms with Gasteiger partial charge in [0.2, 0.25) is 23.7 Å². The molecule has 0 saturated carbocycles. The lowest BCUT2D eigenvalue weighted by atomic mass is 10.1. The molecule has 1 aromatic carbocycles. The summed E-state index contributed by atoms with van der Waals surface area (Å²) in [6.45, 7) is 4.88. The third-order valence-electron chi connectivity index (χ3n) is 7.00. The molecule has 4 rings (SSSR count). The Bertz CT molecular complexity index is 1250. The summed E-state index contributed by atoms with van der Waals surface area (Å²) < 4.78 is 5.61. The van der Waals surface area contributed by atoms with Crippen molar-refractivity contribution in [2.75, 3.05) is 38.5 Å². The normalized spacial score (nSPS) is 20.5. The number of carbonyl (C=O) groups excluding carboxylic acids is 3. The number of furan rings is 1. The van der Waals surface area contributed by atoms with E-state index in [-0.39, 0.29) is 36.3 Å². The molecule has 2 fully saturated rings. The molecular formula is C26H33N7O4. The van der Waals surface area contributed by atoms with Gasteiger partial charge in [-0.1, -0.05) is 0 Å². The highest BCUT2D eigenvalue weighted by atomic mass is 16.3. The molecule has 11 nitrogen and oxygen atoms in total. The van der Waals surface area contributed by atoms with Crippen LogP contribution in [0, 0.1) is 18.4 Å². The van der Waals surface area contributed by atoms with Gasteiger partial charge < -0.3 is 24.4 Å². The van der Waals surface area contributed by atoms with Crippen LogP contribution in [-0.4, -0.2) is 83.7 Å². The van der Waals surface area contributed by atoms with Gasteiger partial charge in [-0.3, -0.25) is 19.7 Å². The van der Waals surface area contributed by atoms with Gasteiger partial charge in [-0.2, -0.15) is 5.26 Å². The third kappa shape index (κ3) is 6.20. The van der Waals surface area contributed by atoms with Crippen LogP contribution in [0.4, 0.5) is 5.69 Å². The number of amides is 3. The van der Waals surface area contributed by atoms with Crippen molar-refractivity contribution >= 4 is 40.3 Å². The van der Waals surface area contributed by atoms with Gasteiger partial charge in [-0.25, -0.2) is 4.99 Å². The average molecular weight is 508 g/mol. The molecule has 2 atom stereocenters. The maximum atomic E-state index is 13.4. The van der Waals surface area contributed by atoms with Gasteiger partial charge in [-0.05, 0) is 56.9 Å². The van der Waals surface area contributed by atoms with Crippen LogP contribution in [0.3, 0.4) is 0 Å². The summed E-state index contributed by atoms with van der Waals surface area (Å²) in [6.07, 6.45) is 4.67. The Hall–Kier alpha value is -4.07. The molecule has 1 aromatic heterocycles. The van der Waals surface area contributed by atoms with Gasteiger partial charge in [0, 0.05) is 44.7 Å². The zero-order valence-corrected chi connectivity index (χ0v) is 21.5. The molecule has 3 heterocycles. The standard InChI is InChI=1S/C26H33N7O4/c1-17-12-19-13-20(7-8-23(19)37-17)29-26(28-16-27)30-22-6-4-5-10-33(25(22)36)15-24(35)32-11-9-21(14-32)31(3)18(2)34/h7-8,12-13,21-22H,4-6,9-11,14-15H2,1-3H3,(H2,28,29,30). The number of hydrogen-bond acceptors (Lipinski definition) is 6. The van der Waals surface area contributed by atoms with E-state index in [1.54, 1.807) is 21.7 Å². The Labute approximate surface area is 216 Å². The zero-order chi connectivity index (χ0) is 26.5. The number of anilines is 1. The summed E-state index contributed by atoms with van der Waals surface area (Å²) in [6, 6.07) is 6.72. The topological polar surface area (TPSA) is 134 Å². The minimum Gasteiger partial charge on any atom is -0.461 e. The Kier molecular flexibility index (Phi) is 7.96. The molecule has 2 unspecified atom stereocenters. The van der Waals surface area contributed by atoms with Crippen molar-refractivity contribution in [3.63, 3.8) is 0 Å². The number of likely N-dealkylation sites (N-methyl/N-ethyl adjacent to an activating group) is 1. The van der Waals surface area contributed by atoms with Crippen molar-refractivity contribution in [2.24, 2.45) is 4.99 Å². The number of nitrogens with one attached hydrogen (secondary N) is 2. The second-order valence-electron chi connectivity index (χ2n) is 9.63. The first kappa shape index (κ1) is 26.0. The predicted octanol–water partition coefficient (Wildman–Crippen LogP) is 2.04. The van der Waals surface area contributed by atoms with Gasteiger partial charge in [0.25, 0.3) is 0 Å². The lowest BCUT2D eigenvalue weighted by molar-refractivity contribution is -0.140. The highest BCUT2D eigenvalue weighted by Crippen LogP contribution is 2.23. The van der Waals surface area contributed by atoms with Crippen LogP contribution < -0.4 is 10.6 Å². The number of guanidine groups is 1. The summed E-state index contributed by atoms with van der Waals surface area (Å²) >= 11 is 0. The fourth-order valence-corrected chi connectivity index (χ4v) is 4.86. The van der Waals surface area contributed by atoms with E-state index in [0.717, 1.165) is 36.0 Å². The van der Waals surface area contributed by atoms with E-state index in [9.17, 15) is 19.6 Å². The third-order valence-corrected chi connectivity index (χ3v) is 7.00. The molecule has 0 aliphatic carbocycles. The molecule has 37 heavy (non-hydrogen) atoms. The van der Waals surface area contributed by atoms with Gasteiger partial charge in [-0.15, -0.1) is 0 Å². The smallest absolute Gasteiger partial charge is 0.247 e. The fourth-order valence-electron chi connectivity index (χ4n) is 4.86. The average Bonchev–Trinajstić information content (AvgIpc) is 3.46. The monoisotopic (exact) mass is 507 g/mol. The molecule has 3 amide bonds. The largest absolute Gasteiger partial charge is 0.461 e. The Morgan fingerprint density at radius 3 is 2.81 bits per heavy atom. The van der Waals surface area contributed by atoms with Gasteiger partial charge in [0.1, 0.15) is 17.4 Å². The minimum atomic E-state index is -0.714. The quantitative estimate of drug-likeness (QED) is 0.274. The Balaban J connectivity index is 1.44. The summed E-state index contributed by atoms with van der Waals surface area (Å²) in [5.41, 5.74) is 1.45. The number of likely N-dealkylation sites (tertiary alicyclic amines) is 2. The van der Waals surface area contributed by atoms with Crippen molar-refractivity contribution in [2.45, 2.75) is 51.6 Å². The summed E-state index contributed by atoms with van der Waals surface area (Å²) in [5, 5.41) is 15.8. The van der Waals surface area contributed by atoms with Crippen LogP contribution in [0.1, 0.15) is 38.4 Å². The molecular weight excluding hydrogens is 474 g/mol. The van der Waals surface area contributed by atoms with Crippen molar-refractivity contribution in [3.8, 4) is 6.19 Å². The second-order valence-corrected chi connectivity index (χ2v) is 9.63. The molecule has 196 valence electrons. The molecule has 2 aliphatic rings. The van der Waals surface area contributed by atoms with E-state index in [4.69, 9.17) is 4.42 Å². The first-order valence-electron chi connectivity index (χ1n) is 12.5. The van der Waals surface area contributed by atoms with Crippen LogP contribution in [0.25, 0.3) is 11.0 Å². The number of nitriles is 1. The van der Waals surface area contributed by atoms with Crippen molar-refractivity contribution in [1.29, 1.82) is 5.26 Å². The summed E-state index contributed by atoms with van der Waals surface area (Å²) in [7, 11) is 1.75. The maximum absolute atomic E-state index is 13.4. The molecule has 0 radical (unpaired) electrons. The van der Waals surface area contributed by atoms with Crippen molar-refractivity contribution in [3.05, 3.63) is 30.0 Å². The van der Waals surface area contributed by atoms with Gasteiger partial charge in [0.15, 0.2) is 6.19 Å². The van der Waals surface area contributed by atoms with E-state index >= 15 is 0 Å². The molecule has 2 N–H and O–H groups in total. The van der Waals surface area contributed by atoms with Crippen LogP contribution in [-0.2, 0) is 14.4 Å². The van der Waals surface area contributed by atoms with E-state index < -0.39 is 6.04 Å². The molecule has 0 bridgehead atoms. The van der Waals surface area contributed by atoms with Gasteiger partial charge >= 0.3 is 0 Å². The summed E-state index contributed by atoms with van der Waals surface area (Å²) in [4.78, 5) is 47.5. The number of aryl methyl sites for hydroxylation is 1. The zero-order valence-electron chi connectivity index (χ0n) is 21.5. The lowest BCUT2D eigenvalue weighted by Crippen LogP contribution is -2.46. The molecule has 2 saturated heterocycles. The number of hydrogen-bond donors (Lipinski definition) is 2. The fraction of sp³-hybridized carbons (Fsp3) is 0.500. The van der Waals surface area contributed by atoms with E-state index in [2.05, 4.69) is 15.6 Å². The highest BCUT2D eigenvalue weighted by Gasteiger charge is 2.33. The number of nitrogens with zero attached hydrogens (tertiary/aromatic N) is 5. The molecule has 11 heteroatoms.